The molecule has 0 saturated carbocycles. The quantitative estimate of drug-likeness (QED) is 0.596. The number of amides is 1. The van der Waals surface area contributed by atoms with E-state index in [1.807, 2.05) is 12.3 Å². The van der Waals surface area contributed by atoms with Gasteiger partial charge in [0.25, 0.3) is 0 Å². The van der Waals surface area contributed by atoms with Crippen molar-refractivity contribution in [3.05, 3.63) is 45.8 Å². The molecule has 0 saturated heterocycles. The molecule has 1 amide bonds. The van der Waals surface area contributed by atoms with Crippen LogP contribution in [0.3, 0.4) is 0 Å². The van der Waals surface area contributed by atoms with E-state index in [1.165, 1.54) is 0 Å². The summed E-state index contributed by atoms with van der Waals surface area (Å²) in [7, 11) is 0. The number of aromatic nitrogens is 2. The molecule has 5 nitrogen and oxygen atoms in total. The molecule has 0 atom stereocenters. The molecular weight excluding hydrogens is 387 g/mol. The lowest BCUT2D eigenvalue weighted by Crippen LogP contribution is -2.15. The van der Waals surface area contributed by atoms with Crippen LogP contribution in [-0.2, 0) is 11.3 Å². The summed E-state index contributed by atoms with van der Waals surface area (Å²) in [6, 6.07) is 7.18. The van der Waals surface area contributed by atoms with E-state index in [0.29, 0.717) is 23.6 Å². The standard InChI is InChI=1S/C13H13IN4OS/c14-10-7-16-18(8-10)5-4-12(19)17-11-3-1-2-9(6-11)13(15)20/h1-3,6-8H,4-5H2,(H2,15,20)(H,17,19). The Morgan fingerprint density at radius 2 is 2.30 bits per heavy atom. The number of nitrogens with two attached hydrogens (primary N) is 1. The van der Waals surface area contributed by atoms with Crippen LogP contribution >= 0.6 is 34.8 Å². The van der Waals surface area contributed by atoms with Crippen LogP contribution in [0.1, 0.15) is 12.0 Å². The first kappa shape index (κ1) is 14.9. The van der Waals surface area contributed by atoms with Crippen LogP contribution in [0.25, 0.3) is 0 Å². The third-order valence-corrected chi connectivity index (χ3v) is 3.39. The van der Waals surface area contributed by atoms with Gasteiger partial charge in [0.2, 0.25) is 5.91 Å². The lowest BCUT2D eigenvalue weighted by molar-refractivity contribution is -0.116. The molecule has 20 heavy (non-hydrogen) atoms. The predicted octanol–water partition coefficient (Wildman–Crippen LogP) is 2.15. The molecule has 3 N–H and O–H groups in total. The smallest absolute Gasteiger partial charge is 0.226 e. The fourth-order valence-corrected chi connectivity index (χ4v) is 2.22. The minimum Gasteiger partial charge on any atom is -0.389 e. The van der Waals surface area contributed by atoms with E-state index < -0.39 is 0 Å². The van der Waals surface area contributed by atoms with Crippen LogP contribution in [0, 0.1) is 3.57 Å². The molecule has 1 heterocycles. The second-order valence-corrected chi connectivity index (χ2v) is 5.85. The largest absolute Gasteiger partial charge is 0.389 e. The van der Waals surface area contributed by atoms with Crippen molar-refractivity contribution in [3.63, 3.8) is 0 Å². The molecule has 0 aliphatic carbocycles. The molecule has 1 aromatic carbocycles. The second-order valence-electron chi connectivity index (χ2n) is 4.16. The number of anilines is 1. The normalized spacial score (nSPS) is 10.2. The summed E-state index contributed by atoms with van der Waals surface area (Å²) in [5.74, 6) is -0.0735. The number of carbonyl (C=O) groups excluding carboxylic acids is 1. The maximum absolute atomic E-state index is 11.9. The van der Waals surface area contributed by atoms with Gasteiger partial charge in [-0.1, -0.05) is 24.4 Å². The molecule has 0 spiro atoms. The number of nitrogens with one attached hydrogen (secondary N) is 1. The van der Waals surface area contributed by atoms with Crippen LogP contribution in [0.15, 0.2) is 36.7 Å². The number of aryl methyl sites for hydroxylation is 1. The van der Waals surface area contributed by atoms with E-state index in [2.05, 4.69) is 33.0 Å². The van der Waals surface area contributed by atoms with Gasteiger partial charge in [-0.3, -0.25) is 9.48 Å². The highest BCUT2D eigenvalue weighted by Gasteiger charge is 2.05. The Kier molecular flexibility index (Phi) is 5.07. The van der Waals surface area contributed by atoms with Crippen LogP contribution in [-0.4, -0.2) is 20.7 Å². The van der Waals surface area contributed by atoms with E-state index in [-0.39, 0.29) is 5.91 Å². The van der Waals surface area contributed by atoms with Gasteiger partial charge in [0.15, 0.2) is 0 Å². The third-order valence-electron chi connectivity index (χ3n) is 2.60. The Bertz CT molecular complexity index is 641. The molecular formula is C13H13IN4OS. The Hall–Kier alpha value is -1.48. The van der Waals surface area contributed by atoms with E-state index in [4.69, 9.17) is 18.0 Å². The highest BCUT2D eigenvalue weighted by atomic mass is 127. The first-order valence-corrected chi connectivity index (χ1v) is 7.41. The monoisotopic (exact) mass is 400 g/mol. The molecule has 0 aliphatic rings. The van der Waals surface area contributed by atoms with Gasteiger partial charge < -0.3 is 11.1 Å². The number of carbonyl (C=O) groups is 1. The van der Waals surface area contributed by atoms with Crippen molar-refractivity contribution in [1.82, 2.24) is 9.78 Å². The maximum atomic E-state index is 11.9. The molecule has 2 aromatic rings. The summed E-state index contributed by atoms with van der Waals surface area (Å²) in [6.07, 6.45) is 4.00. The van der Waals surface area contributed by atoms with Crippen molar-refractivity contribution in [2.45, 2.75) is 13.0 Å². The zero-order valence-corrected chi connectivity index (χ0v) is 13.5. The van der Waals surface area contributed by atoms with E-state index in [0.717, 1.165) is 9.13 Å². The number of hydrogen-bond donors (Lipinski definition) is 2. The summed E-state index contributed by atoms with van der Waals surface area (Å²) < 4.78 is 2.79. The zero-order chi connectivity index (χ0) is 14.5. The topological polar surface area (TPSA) is 72.9 Å². The highest BCUT2D eigenvalue weighted by Crippen LogP contribution is 2.11. The molecule has 1 aromatic heterocycles. The molecule has 7 heteroatoms. The van der Waals surface area contributed by atoms with Gasteiger partial charge in [-0.05, 0) is 34.7 Å². The van der Waals surface area contributed by atoms with Gasteiger partial charge >= 0.3 is 0 Å². The van der Waals surface area contributed by atoms with E-state index in [9.17, 15) is 4.79 Å². The summed E-state index contributed by atoms with van der Waals surface area (Å²) >= 11 is 7.08. The molecule has 0 radical (unpaired) electrons. The SMILES string of the molecule is NC(=S)c1cccc(NC(=O)CCn2cc(I)cn2)c1. The summed E-state index contributed by atoms with van der Waals surface area (Å²) in [5, 5.41) is 6.94. The van der Waals surface area contributed by atoms with E-state index in [1.54, 1.807) is 29.1 Å². The molecule has 0 aliphatic heterocycles. The second kappa shape index (κ2) is 6.80. The lowest BCUT2D eigenvalue weighted by atomic mass is 10.2. The predicted molar refractivity (Wildman–Crippen MR) is 90.5 cm³/mol. The van der Waals surface area contributed by atoms with Gasteiger partial charge in [0.1, 0.15) is 4.99 Å². The van der Waals surface area contributed by atoms with Crippen LogP contribution < -0.4 is 11.1 Å². The zero-order valence-electron chi connectivity index (χ0n) is 10.5. The Balaban J connectivity index is 1.91. The highest BCUT2D eigenvalue weighted by molar-refractivity contribution is 14.1. The van der Waals surface area contributed by atoms with Gasteiger partial charge in [-0.25, -0.2) is 0 Å². The van der Waals surface area contributed by atoms with Crippen LogP contribution in [0.5, 0.6) is 0 Å². The number of hydrogen-bond acceptors (Lipinski definition) is 3. The first-order chi connectivity index (χ1) is 9.54. The Morgan fingerprint density at radius 1 is 1.50 bits per heavy atom. The lowest BCUT2D eigenvalue weighted by Gasteiger charge is -2.07. The van der Waals surface area contributed by atoms with Gasteiger partial charge in [-0.15, -0.1) is 0 Å². The van der Waals surface area contributed by atoms with Crippen molar-refractivity contribution in [3.8, 4) is 0 Å². The summed E-state index contributed by atoms with van der Waals surface area (Å²) in [5.41, 5.74) is 6.98. The maximum Gasteiger partial charge on any atom is 0.226 e. The first-order valence-electron chi connectivity index (χ1n) is 5.92. The van der Waals surface area contributed by atoms with Crippen molar-refractivity contribution >= 4 is 51.4 Å². The number of nitrogens with zero attached hydrogens (tertiary/aromatic N) is 2. The van der Waals surface area contributed by atoms with Gasteiger partial charge in [0, 0.05) is 30.4 Å². The summed E-state index contributed by atoms with van der Waals surface area (Å²) in [6.45, 7) is 0.545. The van der Waals surface area contributed by atoms with E-state index >= 15 is 0 Å². The Labute approximate surface area is 135 Å². The van der Waals surface area contributed by atoms with Crippen molar-refractivity contribution < 1.29 is 4.79 Å². The third kappa shape index (κ3) is 4.27. The number of halogens is 1. The Morgan fingerprint density at radius 3 is 2.95 bits per heavy atom. The number of benzene rings is 1. The molecule has 0 bridgehead atoms. The number of thiocarbonyl (C=S) groups is 1. The molecule has 0 unspecified atom stereocenters. The average molecular weight is 400 g/mol. The van der Waals surface area contributed by atoms with Crippen LogP contribution in [0.4, 0.5) is 5.69 Å². The average Bonchev–Trinajstić information content (AvgIpc) is 2.82. The van der Waals surface area contributed by atoms with Gasteiger partial charge in [0.05, 0.1) is 9.77 Å². The molecule has 0 fully saturated rings. The van der Waals surface area contributed by atoms with Crippen LogP contribution in [0.2, 0.25) is 0 Å². The van der Waals surface area contributed by atoms with Crippen molar-refractivity contribution in [1.29, 1.82) is 0 Å². The van der Waals surface area contributed by atoms with Gasteiger partial charge in [-0.2, -0.15) is 5.10 Å². The summed E-state index contributed by atoms with van der Waals surface area (Å²) in [4.78, 5) is 12.2. The molecule has 104 valence electrons. The van der Waals surface area contributed by atoms with Crippen molar-refractivity contribution in [2.24, 2.45) is 5.73 Å². The fraction of sp³-hybridized carbons (Fsp3) is 0.154. The minimum atomic E-state index is -0.0735. The minimum absolute atomic E-state index is 0.0735. The van der Waals surface area contributed by atoms with Crippen molar-refractivity contribution in [2.75, 3.05) is 5.32 Å². The molecule has 2 rings (SSSR count). The fourth-order valence-electron chi connectivity index (χ4n) is 1.65. The number of rotatable bonds is 5.